The third-order valence-corrected chi connectivity index (χ3v) is 4.38. The van der Waals surface area contributed by atoms with Gasteiger partial charge in [-0.05, 0) is 51.4 Å². The first kappa shape index (κ1) is 10.9. The molecule has 0 aliphatic heterocycles. The molecule has 0 amide bonds. The van der Waals surface area contributed by atoms with E-state index in [1.165, 1.54) is 6.42 Å². The molecule has 0 aromatic rings. The first-order valence-corrected chi connectivity index (χ1v) is 6.00. The lowest BCUT2D eigenvalue weighted by Crippen LogP contribution is -2.53. The van der Waals surface area contributed by atoms with Crippen LogP contribution in [0.25, 0.3) is 0 Å². The van der Waals surface area contributed by atoms with Crippen molar-refractivity contribution in [3.63, 3.8) is 0 Å². The Morgan fingerprint density at radius 3 is 2.73 bits per heavy atom. The van der Waals surface area contributed by atoms with Crippen LogP contribution in [0, 0.1) is 17.3 Å². The number of rotatable bonds is 2. The summed E-state index contributed by atoms with van der Waals surface area (Å²) in [7, 11) is 0. The van der Waals surface area contributed by atoms with Gasteiger partial charge in [0, 0.05) is 6.04 Å². The van der Waals surface area contributed by atoms with Gasteiger partial charge < -0.3 is 10.5 Å². The van der Waals surface area contributed by atoms with Crippen LogP contribution in [0.15, 0.2) is 0 Å². The highest BCUT2D eigenvalue weighted by atomic mass is 16.5. The van der Waals surface area contributed by atoms with Crippen LogP contribution >= 0.6 is 0 Å². The molecule has 2 bridgehead atoms. The van der Waals surface area contributed by atoms with E-state index in [2.05, 4.69) is 6.92 Å². The highest BCUT2D eigenvalue weighted by molar-refractivity contribution is 5.77. The molecule has 3 fully saturated rings. The van der Waals surface area contributed by atoms with Crippen molar-refractivity contribution in [2.75, 3.05) is 6.61 Å². The summed E-state index contributed by atoms with van der Waals surface area (Å²) in [6, 6.07) is 0.311. The van der Waals surface area contributed by atoms with Gasteiger partial charge in [-0.3, -0.25) is 4.79 Å². The van der Waals surface area contributed by atoms with E-state index in [0.29, 0.717) is 24.5 Å². The topological polar surface area (TPSA) is 52.3 Å². The van der Waals surface area contributed by atoms with Crippen molar-refractivity contribution in [1.82, 2.24) is 0 Å². The average molecular weight is 211 g/mol. The first-order chi connectivity index (χ1) is 7.08. The van der Waals surface area contributed by atoms with E-state index in [1.54, 1.807) is 0 Å². The van der Waals surface area contributed by atoms with Crippen molar-refractivity contribution in [1.29, 1.82) is 0 Å². The van der Waals surface area contributed by atoms with Crippen LogP contribution in [0.3, 0.4) is 0 Å². The van der Waals surface area contributed by atoms with Gasteiger partial charge in [-0.15, -0.1) is 0 Å². The molecule has 15 heavy (non-hydrogen) atoms. The molecule has 3 heteroatoms. The number of fused-ring (bicyclic) bond motifs is 3. The van der Waals surface area contributed by atoms with Crippen molar-refractivity contribution >= 4 is 5.97 Å². The van der Waals surface area contributed by atoms with E-state index in [4.69, 9.17) is 10.5 Å². The third-order valence-electron chi connectivity index (χ3n) is 4.38. The van der Waals surface area contributed by atoms with Gasteiger partial charge in [0.05, 0.1) is 12.0 Å². The number of ether oxygens (including phenoxy) is 1. The van der Waals surface area contributed by atoms with E-state index < -0.39 is 0 Å². The molecule has 0 aromatic heterocycles. The molecule has 0 aromatic carbocycles. The molecule has 0 saturated heterocycles. The van der Waals surface area contributed by atoms with Crippen LogP contribution in [0.5, 0.6) is 0 Å². The maximum Gasteiger partial charge on any atom is 0.312 e. The quantitative estimate of drug-likeness (QED) is 0.707. The standard InChI is InChI=1S/C12H21NO2/c1-3-15-11(14)12(2)7-8-4-5-9(12)6-10(8)13/h8-10H,3-7,13H2,1-2H3. The average Bonchev–Trinajstić information content (AvgIpc) is 2.20. The fourth-order valence-corrected chi connectivity index (χ4v) is 3.36. The molecule has 3 nitrogen and oxygen atoms in total. The first-order valence-electron chi connectivity index (χ1n) is 6.00. The molecule has 4 unspecified atom stereocenters. The second kappa shape index (κ2) is 3.78. The van der Waals surface area contributed by atoms with Crippen LogP contribution < -0.4 is 5.73 Å². The number of carbonyl (C=O) groups excluding carboxylic acids is 1. The summed E-state index contributed by atoms with van der Waals surface area (Å²) >= 11 is 0. The molecule has 3 aliphatic carbocycles. The van der Waals surface area contributed by atoms with Crippen LogP contribution in [0.2, 0.25) is 0 Å². The van der Waals surface area contributed by atoms with Crippen LogP contribution in [-0.4, -0.2) is 18.6 Å². The molecule has 86 valence electrons. The van der Waals surface area contributed by atoms with E-state index in [-0.39, 0.29) is 11.4 Å². The number of esters is 1. The second-order valence-corrected chi connectivity index (χ2v) is 5.28. The minimum absolute atomic E-state index is 0.00778. The molecule has 4 atom stereocenters. The van der Waals surface area contributed by atoms with Crippen molar-refractivity contribution in [2.45, 2.75) is 45.6 Å². The minimum Gasteiger partial charge on any atom is -0.466 e. The second-order valence-electron chi connectivity index (χ2n) is 5.28. The predicted octanol–water partition coefficient (Wildman–Crippen LogP) is 1.70. The zero-order chi connectivity index (χ0) is 11.1. The Bertz CT molecular complexity index is 266. The normalized spacial score (nSPS) is 44.1. The molecule has 2 N–H and O–H groups in total. The van der Waals surface area contributed by atoms with Gasteiger partial charge >= 0.3 is 5.97 Å². The molecule has 3 rings (SSSR count). The van der Waals surface area contributed by atoms with Gasteiger partial charge in [0.25, 0.3) is 0 Å². The molecular weight excluding hydrogens is 190 g/mol. The van der Waals surface area contributed by atoms with Crippen molar-refractivity contribution in [3.05, 3.63) is 0 Å². The summed E-state index contributed by atoms with van der Waals surface area (Å²) in [5.74, 6) is 0.965. The van der Waals surface area contributed by atoms with Crippen molar-refractivity contribution in [3.8, 4) is 0 Å². The zero-order valence-corrected chi connectivity index (χ0v) is 9.66. The number of nitrogens with two attached hydrogens (primary N) is 1. The Labute approximate surface area is 91.4 Å². The van der Waals surface area contributed by atoms with Gasteiger partial charge in [0.15, 0.2) is 0 Å². The summed E-state index contributed by atoms with van der Waals surface area (Å²) in [5, 5.41) is 0. The highest BCUT2D eigenvalue weighted by Crippen LogP contribution is 2.52. The van der Waals surface area contributed by atoms with Gasteiger partial charge in [-0.1, -0.05) is 0 Å². The highest BCUT2D eigenvalue weighted by Gasteiger charge is 2.52. The lowest BCUT2D eigenvalue weighted by molar-refractivity contribution is -0.165. The Morgan fingerprint density at radius 1 is 1.53 bits per heavy atom. The predicted molar refractivity (Wildman–Crippen MR) is 58.2 cm³/mol. The van der Waals surface area contributed by atoms with E-state index in [0.717, 1.165) is 19.3 Å². The molecule has 3 aliphatic rings. The van der Waals surface area contributed by atoms with Crippen LogP contribution in [-0.2, 0) is 9.53 Å². The fourth-order valence-electron chi connectivity index (χ4n) is 3.36. The largest absolute Gasteiger partial charge is 0.466 e. The SMILES string of the molecule is CCOC(=O)C1(C)CC2CCC1CC2N. The number of hydrogen-bond donors (Lipinski definition) is 1. The van der Waals surface area contributed by atoms with Crippen molar-refractivity contribution < 1.29 is 9.53 Å². The van der Waals surface area contributed by atoms with E-state index in [9.17, 15) is 4.79 Å². The minimum atomic E-state index is -0.255. The van der Waals surface area contributed by atoms with E-state index >= 15 is 0 Å². The Hall–Kier alpha value is -0.570. The summed E-state index contributed by atoms with van der Waals surface area (Å²) in [6.45, 7) is 4.42. The Morgan fingerprint density at radius 2 is 2.27 bits per heavy atom. The number of carbonyl (C=O) groups is 1. The maximum absolute atomic E-state index is 12.0. The van der Waals surface area contributed by atoms with Crippen molar-refractivity contribution in [2.24, 2.45) is 23.0 Å². The maximum atomic E-state index is 12.0. The fraction of sp³-hybridized carbons (Fsp3) is 0.917. The van der Waals surface area contributed by atoms with Gasteiger partial charge in [0.2, 0.25) is 0 Å². The zero-order valence-electron chi connectivity index (χ0n) is 9.66. The Balaban J connectivity index is 2.13. The summed E-state index contributed by atoms with van der Waals surface area (Å²) < 4.78 is 5.19. The summed E-state index contributed by atoms with van der Waals surface area (Å²) in [4.78, 5) is 12.0. The molecule has 3 saturated carbocycles. The summed E-state index contributed by atoms with van der Waals surface area (Å²) in [6.07, 6.45) is 4.27. The number of hydrogen-bond acceptors (Lipinski definition) is 3. The lowest BCUT2D eigenvalue weighted by atomic mass is 9.55. The van der Waals surface area contributed by atoms with Gasteiger partial charge in [-0.25, -0.2) is 0 Å². The molecular formula is C12H21NO2. The van der Waals surface area contributed by atoms with Gasteiger partial charge in [0.1, 0.15) is 0 Å². The lowest BCUT2D eigenvalue weighted by Gasteiger charge is -2.50. The molecule has 0 heterocycles. The third kappa shape index (κ3) is 1.67. The van der Waals surface area contributed by atoms with Gasteiger partial charge in [-0.2, -0.15) is 0 Å². The van der Waals surface area contributed by atoms with Crippen LogP contribution in [0.4, 0.5) is 0 Å². The molecule has 0 radical (unpaired) electrons. The Kier molecular flexibility index (Phi) is 2.75. The molecule has 0 spiro atoms. The van der Waals surface area contributed by atoms with E-state index in [1.807, 2.05) is 6.92 Å². The monoisotopic (exact) mass is 211 g/mol. The smallest absolute Gasteiger partial charge is 0.312 e. The summed E-state index contributed by atoms with van der Waals surface area (Å²) in [5.41, 5.74) is 5.81. The van der Waals surface area contributed by atoms with Crippen LogP contribution in [0.1, 0.15) is 39.5 Å².